The lowest BCUT2D eigenvalue weighted by molar-refractivity contribution is 0.0996. The van der Waals surface area contributed by atoms with Crippen LogP contribution < -0.4 is 16.0 Å². The number of benzene rings is 2. The topological polar surface area (TPSA) is 86.6 Å². The van der Waals surface area contributed by atoms with Gasteiger partial charge in [0.25, 0.3) is 5.91 Å². The molecule has 7 heteroatoms. The summed E-state index contributed by atoms with van der Waals surface area (Å²) in [5.41, 5.74) is 2.77. The summed E-state index contributed by atoms with van der Waals surface area (Å²) in [6.07, 6.45) is 1.46. The van der Waals surface area contributed by atoms with Gasteiger partial charge in [0.1, 0.15) is 0 Å². The van der Waals surface area contributed by atoms with Crippen molar-refractivity contribution in [2.24, 2.45) is 0 Å². The maximum absolute atomic E-state index is 12.4. The summed E-state index contributed by atoms with van der Waals surface area (Å²) in [7, 11) is 0. The summed E-state index contributed by atoms with van der Waals surface area (Å²) in [5.74, 6) is -0.0487. The molecule has 1 heterocycles. The SMILES string of the molecule is CCN(CC)[C@H](CNC(=O)NCc1ccc(NC(=O)c2ccco2)cc1)c1ccccc1. The average molecular weight is 435 g/mol. The lowest BCUT2D eigenvalue weighted by Gasteiger charge is -2.30. The number of carbonyl (C=O) groups is 2. The second kappa shape index (κ2) is 11.7. The number of likely N-dealkylation sites (N-methyl/N-ethyl adjacent to an activating group) is 1. The Hall–Kier alpha value is -3.58. The molecule has 7 nitrogen and oxygen atoms in total. The van der Waals surface area contributed by atoms with Crippen LogP contribution in [0.1, 0.15) is 41.6 Å². The molecule has 32 heavy (non-hydrogen) atoms. The molecule has 0 bridgehead atoms. The first kappa shape index (κ1) is 23.1. The van der Waals surface area contributed by atoms with Crippen molar-refractivity contribution in [3.8, 4) is 0 Å². The van der Waals surface area contributed by atoms with E-state index in [1.807, 2.05) is 30.3 Å². The standard InChI is InChI=1S/C25H30N4O3/c1-3-29(4-2)22(20-9-6-5-7-10-20)18-27-25(31)26-17-19-12-14-21(15-13-19)28-24(30)23-11-8-16-32-23/h5-16,22H,3-4,17-18H2,1-2H3,(H,28,30)(H2,26,27,31)/t22-/m1/s1. The minimum Gasteiger partial charge on any atom is -0.459 e. The molecule has 0 aliphatic rings. The van der Waals surface area contributed by atoms with Crippen LogP contribution >= 0.6 is 0 Å². The first-order chi connectivity index (χ1) is 15.6. The maximum atomic E-state index is 12.4. The summed E-state index contributed by atoms with van der Waals surface area (Å²) in [5, 5.41) is 8.66. The van der Waals surface area contributed by atoms with Crippen molar-refractivity contribution >= 4 is 17.6 Å². The number of carbonyl (C=O) groups excluding carboxylic acids is 2. The summed E-state index contributed by atoms with van der Waals surface area (Å²) in [6.45, 7) is 6.97. The maximum Gasteiger partial charge on any atom is 0.315 e. The number of nitrogens with one attached hydrogen (secondary N) is 3. The third-order valence-corrected chi connectivity index (χ3v) is 5.30. The molecule has 0 aliphatic heterocycles. The molecule has 1 atom stereocenters. The minimum absolute atomic E-state index is 0.119. The predicted octanol–water partition coefficient (Wildman–Crippen LogP) is 4.41. The van der Waals surface area contributed by atoms with Gasteiger partial charge in [0.05, 0.1) is 12.3 Å². The van der Waals surface area contributed by atoms with Crippen LogP contribution in [0.15, 0.2) is 77.4 Å². The van der Waals surface area contributed by atoms with Crippen molar-refractivity contribution in [1.29, 1.82) is 0 Å². The third kappa shape index (κ3) is 6.46. The number of urea groups is 1. The molecule has 2 aromatic carbocycles. The number of nitrogens with zero attached hydrogens (tertiary/aromatic N) is 1. The van der Waals surface area contributed by atoms with Crippen LogP contribution in [0, 0.1) is 0 Å². The Balaban J connectivity index is 1.49. The van der Waals surface area contributed by atoms with E-state index in [-0.39, 0.29) is 23.7 Å². The Morgan fingerprint density at radius 1 is 0.906 bits per heavy atom. The van der Waals surface area contributed by atoms with E-state index in [0.717, 1.165) is 18.7 Å². The molecule has 3 rings (SSSR count). The van der Waals surface area contributed by atoms with E-state index in [1.165, 1.54) is 11.8 Å². The van der Waals surface area contributed by atoms with E-state index in [2.05, 4.69) is 46.8 Å². The van der Waals surface area contributed by atoms with Gasteiger partial charge in [0.2, 0.25) is 0 Å². The van der Waals surface area contributed by atoms with Gasteiger partial charge in [-0.25, -0.2) is 4.79 Å². The van der Waals surface area contributed by atoms with Crippen LogP contribution in [0.25, 0.3) is 0 Å². The first-order valence-electron chi connectivity index (χ1n) is 10.8. The Bertz CT molecular complexity index is 968. The van der Waals surface area contributed by atoms with Crippen molar-refractivity contribution in [3.63, 3.8) is 0 Å². The highest BCUT2D eigenvalue weighted by Gasteiger charge is 2.18. The average Bonchev–Trinajstić information content (AvgIpc) is 3.37. The largest absolute Gasteiger partial charge is 0.459 e. The molecule has 3 amide bonds. The van der Waals surface area contributed by atoms with Crippen LogP contribution in [-0.2, 0) is 6.54 Å². The van der Waals surface area contributed by atoms with Gasteiger partial charge in [0, 0.05) is 18.8 Å². The van der Waals surface area contributed by atoms with E-state index in [1.54, 1.807) is 24.3 Å². The molecule has 0 aliphatic carbocycles. The van der Waals surface area contributed by atoms with Gasteiger partial charge in [-0.15, -0.1) is 0 Å². The zero-order chi connectivity index (χ0) is 22.8. The van der Waals surface area contributed by atoms with E-state index in [4.69, 9.17) is 4.42 Å². The molecule has 0 saturated heterocycles. The Labute approximate surface area is 188 Å². The Morgan fingerprint density at radius 2 is 1.62 bits per heavy atom. The summed E-state index contributed by atoms with van der Waals surface area (Å²) in [4.78, 5) is 26.7. The second-order valence-corrected chi connectivity index (χ2v) is 7.34. The number of hydrogen-bond donors (Lipinski definition) is 3. The first-order valence-corrected chi connectivity index (χ1v) is 10.8. The highest BCUT2D eigenvalue weighted by molar-refractivity contribution is 6.02. The van der Waals surface area contributed by atoms with Gasteiger partial charge in [0.15, 0.2) is 5.76 Å². The number of furan rings is 1. The minimum atomic E-state index is -0.304. The molecule has 168 valence electrons. The number of amides is 3. The van der Waals surface area contributed by atoms with Crippen molar-refractivity contribution in [2.45, 2.75) is 26.4 Å². The van der Waals surface area contributed by atoms with Crippen molar-refractivity contribution in [1.82, 2.24) is 15.5 Å². The van der Waals surface area contributed by atoms with E-state index < -0.39 is 0 Å². The molecular weight excluding hydrogens is 404 g/mol. The lowest BCUT2D eigenvalue weighted by Crippen LogP contribution is -2.42. The van der Waals surface area contributed by atoms with Gasteiger partial charge in [-0.2, -0.15) is 0 Å². The van der Waals surface area contributed by atoms with Gasteiger partial charge in [-0.1, -0.05) is 56.3 Å². The van der Waals surface area contributed by atoms with Crippen LogP contribution in [0.5, 0.6) is 0 Å². The van der Waals surface area contributed by atoms with Gasteiger partial charge in [-0.05, 0) is 48.5 Å². The third-order valence-electron chi connectivity index (χ3n) is 5.30. The van der Waals surface area contributed by atoms with Crippen LogP contribution in [0.4, 0.5) is 10.5 Å². The molecule has 0 saturated carbocycles. The number of hydrogen-bond acceptors (Lipinski definition) is 4. The summed E-state index contributed by atoms with van der Waals surface area (Å²) < 4.78 is 5.08. The van der Waals surface area contributed by atoms with Crippen LogP contribution in [-0.4, -0.2) is 36.5 Å². The number of rotatable bonds is 10. The zero-order valence-corrected chi connectivity index (χ0v) is 18.5. The molecule has 3 N–H and O–H groups in total. The molecule has 0 unspecified atom stereocenters. The van der Waals surface area contributed by atoms with Gasteiger partial charge in [-0.3, -0.25) is 9.69 Å². The van der Waals surface area contributed by atoms with Crippen LogP contribution in [0.2, 0.25) is 0 Å². The summed E-state index contributed by atoms with van der Waals surface area (Å²) in [6, 6.07) is 20.7. The molecule has 0 fully saturated rings. The normalized spacial score (nSPS) is 11.7. The van der Waals surface area contributed by atoms with E-state index in [9.17, 15) is 9.59 Å². The fourth-order valence-corrected chi connectivity index (χ4v) is 3.54. The zero-order valence-electron chi connectivity index (χ0n) is 18.5. The van der Waals surface area contributed by atoms with Gasteiger partial charge >= 0.3 is 6.03 Å². The molecule has 1 aromatic heterocycles. The van der Waals surface area contributed by atoms with Crippen molar-refractivity contribution < 1.29 is 14.0 Å². The molecular formula is C25H30N4O3. The predicted molar refractivity (Wildman–Crippen MR) is 125 cm³/mol. The Kier molecular flexibility index (Phi) is 8.45. The van der Waals surface area contributed by atoms with Crippen molar-refractivity contribution in [3.05, 3.63) is 89.9 Å². The van der Waals surface area contributed by atoms with Crippen molar-refractivity contribution in [2.75, 3.05) is 25.0 Å². The fraction of sp³-hybridized carbons (Fsp3) is 0.280. The number of anilines is 1. The van der Waals surface area contributed by atoms with E-state index in [0.29, 0.717) is 18.8 Å². The quantitative estimate of drug-likeness (QED) is 0.441. The smallest absolute Gasteiger partial charge is 0.315 e. The lowest BCUT2D eigenvalue weighted by atomic mass is 10.1. The highest BCUT2D eigenvalue weighted by atomic mass is 16.3. The Morgan fingerprint density at radius 3 is 2.25 bits per heavy atom. The monoisotopic (exact) mass is 434 g/mol. The summed E-state index contributed by atoms with van der Waals surface area (Å²) >= 11 is 0. The second-order valence-electron chi connectivity index (χ2n) is 7.34. The molecule has 3 aromatic rings. The van der Waals surface area contributed by atoms with E-state index >= 15 is 0 Å². The fourth-order valence-electron chi connectivity index (χ4n) is 3.54. The highest BCUT2D eigenvalue weighted by Crippen LogP contribution is 2.19. The molecule has 0 radical (unpaired) electrons. The van der Waals surface area contributed by atoms with Crippen LogP contribution in [0.3, 0.4) is 0 Å². The molecule has 0 spiro atoms. The van der Waals surface area contributed by atoms with Gasteiger partial charge < -0.3 is 20.4 Å².